The van der Waals surface area contributed by atoms with Gasteiger partial charge in [0.05, 0.1) is 0 Å². The van der Waals surface area contributed by atoms with Crippen LogP contribution in [-0.2, 0) is 5.41 Å². The molecule has 5 atom stereocenters. The number of alkyl halides is 4. The molecule has 0 N–H and O–H groups in total. The zero-order valence-electron chi connectivity index (χ0n) is 16.5. The van der Waals surface area contributed by atoms with E-state index in [0.717, 1.165) is 12.8 Å². The van der Waals surface area contributed by atoms with Gasteiger partial charge in [0, 0.05) is 18.3 Å². The van der Waals surface area contributed by atoms with Crippen LogP contribution in [-0.4, -0.2) is 11.8 Å². The van der Waals surface area contributed by atoms with Crippen LogP contribution in [0, 0.1) is 29.6 Å². The van der Waals surface area contributed by atoms with Gasteiger partial charge < -0.3 is 0 Å². The van der Waals surface area contributed by atoms with Crippen molar-refractivity contribution in [1.29, 1.82) is 0 Å². The molecule has 0 saturated heterocycles. The molecule has 0 radical (unpaired) electrons. The van der Waals surface area contributed by atoms with E-state index in [4.69, 9.17) is 0 Å². The molecule has 4 heteroatoms. The maximum absolute atomic E-state index is 14.6. The summed E-state index contributed by atoms with van der Waals surface area (Å²) in [4.78, 5) is 0. The summed E-state index contributed by atoms with van der Waals surface area (Å²) in [5.74, 6) is -8.83. The molecule has 0 amide bonds. The molecule has 29 heavy (non-hydrogen) atoms. The highest BCUT2D eigenvalue weighted by molar-refractivity contribution is 5.42. The van der Waals surface area contributed by atoms with E-state index in [9.17, 15) is 17.6 Å². The fourth-order valence-electron chi connectivity index (χ4n) is 7.00. The largest absolute Gasteiger partial charge is 0.312 e. The van der Waals surface area contributed by atoms with Gasteiger partial charge in [0.2, 0.25) is 0 Å². The van der Waals surface area contributed by atoms with Gasteiger partial charge in [-0.25, -0.2) is 8.78 Å². The third-order valence-corrected chi connectivity index (χ3v) is 8.23. The van der Waals surface area contributed by atoms with Crippen LogP contribution in [0.5, 0.6) is 0 Å². The van der Waals surface area contributed by atoms with Crippen LogP contribution in [0.4, 0.5) is 17.6 Å². The Labute approximate surface area is 169 Å². The lowest BCUT2D eigenvalue weighted by Gasteiger charge is -2.38. The maximum atomic E-state index is 14.6. The third-order valence-electron chi connectivity index (χ3n) is 8.23. The summed E-state index contributed by atoms with van der Waals surface area (Å²) < 4.78 is 56.8. The molecule has 2 aromatic carbocycles. The first-order valence-corrected chi connectivity index (χ1v) is 10.6. The number of fused-ring (bicyclic) bond motifs is 5. The van der Waals surface area contributed by atoms with E-state index in [1.807, 2.05) is 36.4 Å². The summed E-state index contributed by atoms with van der Waals surface area (Å²) in [6.07, 6.45) is 2.62. The number of hydrogen-bond donors (Lipinski definition) is 0. The Hall–Kier alpha value is -1.84. The van der Waals surface area contributed by atoms with E-state index in [0.29, 0.717) is 19.3 Å². The molecule has 2 aromatic rings. The molecule has 3 saturated carbocycles. The first kappa shape index (κ1) is 19.1. The highest BCUT2D eigenvalue weighted by atomic mass is 19.3. The molecule has 0 nitrogen and oxygen atoms in total. The van der Waals surface area contributed by atoms with Gasteiger partial charge in [-0.3, -0.25) is 0 Å². The van der Waals surface area contributed by atoms with E-state index in [-0.39, 0.29) is 29.6 Å². The van der Waals surface area contributed by atoms with Crippen molar-refractivity contribution >= 4 is 0 Å². The summed E-state index contributed by atoms with van der Waals surface area (Å²) in [7, 11) is 0. The van der Waals surface area contributed by atoms with E-state index >= 15 is 0 Å². The molecular weight excluding hydrogens is 376 g/mol. The standard InChI is InChI=1S/C25H26F4/c1-23(26,27)25(28,29)22-13-16-12-19(22)21-15-24(14-20(16)21,17-8-4-2-5-9-17)18-10-6-3-7-11-18/h2-11,16,19-22H,12-15H2,1H3. The second-order valence-corrected chi connectivity index (χ2v) is 9.56. The van der Waals surface area contributed by atoms with Gasteiger partial charge in [-0.2, -0.15) is 8.78 Å². The lowest BCUT2D eigenvalue weighted by Crippen LogP contribution is -2.48. The van der Waals surface area contributed by atoms with Gasteiger partial charge in [0.25, 0.3) is 0 Å². The molecule has 0 aromatic heterocycles. The van der Waals surface area contributed by atoms with Crippen molar-refractivity contribution in [1.82, 2.24) is 0 Å². The Morgan fingerprint density at radius 1 is 0.724 bits per heavy atom. The summed E-state index contributed by atoms with van der Waals surface area (Å²) in [5.41, 5.74) is 2.21. The molecule has 0 heterocycles. The van der Waals surface area contributed by atoms with Crippen LogP contribution in [0.3, 0.4) is 0 Å². The van der Waals surface area contributed by atoms with Crippen molar-refractivity contribution in [2.45, 2.75) is 49.9 Å². The number of benzene rings is 2. The zero-order chi connectivity index (χ0) is 20.4. The van der Waals surface area contributed by atoms with Crippen LogP contribution in [0.2, 0.25) is 0 Å². The SMILES string of the molecule is CC(F)(F)C(F)(F)C1CC2CC1C1CC(c3ccccc3)(c3ccccc3)CC21. The monoisotopic (exact) mass is 402 g/mol. The molecule has 5 unspecified atom stereocenters. The maximum Gasteiger partial charge on any atom is 0.312 e. The van der Waals surface area contributed by atoms with Crippen LogP contribution >= 0.6 is 0 Å². The van der Waals surface area contributed by atoms with Crippen LogP contribution in [0.1, 0.15) is 43.7 Å². The minimum Gasteiger partial charge on any atom is -0.200 e. The second-order valence-electron chi connectivity index (χ2n) is 9.56. The Morgan fingerprint density at radius 3 is 1.76 bits per heavy atom. The summed E-state index contributed by atoms with van der Waals surface area (Å²) in [5, 5.41) is 0. The van der Waals surface area contributed by atoms with Crippen LogP contribution < -0.4 is 0 Å². The van der Waals surface area contributed by atoms with Gasteiger partial charge in [0.15, 0.2) is 0 Å². The van der Waals surface area contributed by atoms with Crippen molar-refractivity contribution in [3.63, 3.8) is 0 Å². The number of hydrogen-bond acceptors (Lipinski definition) is 0. The molecule has 3 aliphatic rings. The molecule has 154 valence electrons. The first-order chi connectivity index (χ1) is 13.7. The Balaban J connectivity index is 1.53. The van der Waals surface area contributed by atoms with E-state index in [1.165, 1.54) is 11.1 Å². The predicted octanol–water partition coefficient (Wildman–Crippen LogP) is 6.95. The van der Waals surface area contributed by atoms with E-state index in [1.54, 1.807) is 0 Å². The van der Waals surface area contributed by atoms with Gasteiger partial charge in [-0.15, -0.1) is 0 Å². The molecule has 5 rings (SSSR count). The summed E-state index contributed by atoms with van der Waals surface area (Å²) >= 11 is 0. The second kappa shape index (κ2) is 6.33. The molecule has 0 spiro atoms. The normalized spacial score (nSPS) is 33.1. The minimum atomic E-state index is -3.97. The average molecular weight is 402 g/mol. The van der Waals surface area contributed by atoms with Gasteiger partial charge in [-0.05, 0) is 60.5 Å². The Kier molecular flexibility index (Phi) is 4.18. The highest BCUT2D eigenvalue weighted by Gasteiger charge is 2.68. The summed E-state index contributed by atoms with van der Waals surface area (Å²) in [6, 6.07) is 20.6. The van der Waals surface area contributed by atoms with Crippen LogP contribution in [0.15, 0.2) is 60.7 Å². The van der Waals surface area contributed by atoms with E-state index < -0.39 is 17.8 Å². The lowest BCUT2D eigenvalue weighted by atomic mass is 9.70. The first-order valence-electron chi connectivity index (χ1n) is 10.6. The fourth-order valence-corrected chi connectivity index (χ4v) is 7.00. The van der Waals surface area contributed by atoms with Crippen molar-refractivity contribution in [2.75, 3.05) is 0 Å². The Bertz CT molecular complexity index is 831. The predicted molar refractivity (Wildman–Crippen MR) is 105 cm³/mol. The van der Waals surface area contributed by atoms with Crippen molar-refractivity contribution in [3.8, 4) is 0 Å². The molecule has 0 aliphatic heterocycles. The zero-order valence-corrected chi connectivity index (χ0v) is 16.5. The van der Waals surface area contributed by atoms with Crippen molar-refractivity contribution in [3.05, 3.63) is 71.8 Å². The molecule has 3 fully saturated rings. The van der Waals surface area contributed by atoms with Crippen LogP contribution in [0.25, 0.3) is 0 Å². The average Bonchev–Trinajstić information content (AvgIpc) is 3.39. The lowest BCUT2D eigenvalue weighted by molar-refractivity contribution is -0.238. The molecule has 3 aliphatic carbocycles. The Morgan fingerprint density at radius 2 is 1.24 bits per heavy atom. The van der Waals surface area contributed by atoms with Gasteiger partial charge in [-0.1, -0.05) is 60.7 Å². The topological polar surface area (TPSA) is 0 Å². The quantitative estimate of drug-likeness (QED) is 0.486. The van der Waals surface area contributed by atoms with Crippen molar-refractivity contribution in [2.24, 2.45) is 29.6 Å². The van der Waals surface area contributed by atoms with Gasteiger partial charge in [0.1, 0.15) is 0 Å². The molecular formula is C25H26F4. The van der Waals surface area contributed by atoms with E-state index in [2.05, 4.69) is 24.3 Å². The molecule has 2 bridgehead atoms. The third kappa shape index (κ3) is 2.70. The van der Waals surface area contributed by atoms with Crippen molar-refractivity contribution < 1.29 is 17.6 Å². The number of halogens is 4. The number of rotatable bonds is 4. The van der Waals surface area contributed by atoms with Gasteiger partial charge >= 0.3 is 11.8 Å². The smallest absolute Gasteiger partial charge is 0.200 e. The minimum absolute atomic E-state index is 0.0902. The summed E-state index contributed by atoms with van der Waals surface area (Å²) in [6.45, 7) is 0.378. The highest BCUT2D eigenvalue weighted by Crippen LogP contribution is 2.69. The fraction of sp³-hybridized carbons (Fsp3) is 0.520.